The van der Waals surface area contributed by atoms with Crippen molar-refractivity contribution in [3.05, 3.63) is 46.9 Å². The number of nitrogens with zero attached hydrogens (tertiary/aromatic N) is 2. The van der Waals surface area contributed by atoms with Crippen LogP contribution in [0, 0.1) is 0 Å². The summed E-state index contributed by atoms with van der Waals surface area (Å²) >= 11 is 1.69. The number of aromatic nitrogens is 1. The van der Waals surface area contributed by atoms with Gasteiger partial charge in [0.1, 0.15) is 12.4 Å². The molecule has 0 aliphatic rings. The minimum atomic E-state index is 0.560. The van der Waals surface area contributed by atoms with E-state index in [9.17, 15) is 0 Å². The lowest BCUT2D eigenvalue weighted by Crippen LogP contribution is -2.38. The van der Waals surface area contributed by atoms with E-state index in [2.05, 4.69) is 37.4 Å². The van der Waals surface area contributed by atoms with E-state index in [1.54, 1.807) is 30.8 Å². The first-order valence-corrected chi connectivity index (χ1v) is 7.31. The van der Waals surface area contributed by atoms with Crippen LogP contribution in [0.15, 0.2) is 46.3 Å². The number of hydrogen-bond donors (Lipinski definition) is 2. The lowest BCUT2D eigenvalue weighted by atomic mass is 10.3. The second kappa shape index (κ2) is 8.16. The van der Waals surface area contributed by atoms with Gasteiger partial charge >= 0.3 is 0 Å². The normalized spacial score (nSPS) is 11.2. The summed E-state index contributed by atoms with van der Waals surface area (Å²) in [4.78, 5) is 8.15. The highest BCUT2D eigenvalue weighted by atomic mass is 32.1. The second-order valence-electron chi connectivity index (χ2n) is 4.02. The topological polar surface area (TPSA) is 58.5 Å². The molecule has 0 saturated heterocycles. The van der Waals surface area contributed by atoms with Crippen LogP contribution in [0.1, 0.15) is 5.56 Å². The molecule has 2 N–H and O–H groups in total. The smallest absolute Gasteiger partial charge is 0.191 e. The van der Waals surface area contributed by atoms with Crippen molar-refractivity contribution < 1.29 is 4.74 Å². The Morgan fingerprint density at radius 3 is 3.05 bits per heavy atom. The van der Waals surface area contributed by atoms with Crippen molar-refractivity contribution in [2.24, 2.45) is 4.99 Å². The zero-order valence-electron chi connectivity index (χ0n) is 11.4. The largest absolute Gasteiger partial charge is 0.490 e. The first-order valence-electron chi connectivity index (χ1n) is 6.37. The Kier molecular flexibility index (Phi) is 5.85. The molecule has 0 bridgehead atoms. The molecule has 0 fully saturated rings. The number of hydrogen-bond acceptors (Lipinski definition) is 4. The lowest BCUT2D eigenvalue weighted by Gasteiger charge is -2.11. The summed E-state index contributed by atoms with van der Waals surface area (Å²) < 4.78 is 5.55. The first-order chi connectivity index (χ1) is 9.88. The highest BCUT2D eigenvalue weighted by molar-refractivity contribution is 7.07. The molecule has 2 aromatic rings. The van der Waals surface area contributed by atoms with Crippen molar-refractivity contribution in [3.8, 4) is 5.75 Å². The van der Waals surface area contributed by atoms with Crippen LogP contribution in [0.5, 0.6) is 5.75 Å². The number of aliphatic imine (C=N–C) groups is 1. The maximum absolute atomic E-state index is 5.55. The van der Waals surface area contributed by atoms with Crippen LogP contribution in [0.25, 0.3) is 0 Å². The zero-order valence-corrected chi connectivity index (χ0v) is 12.2. The number of pyridine rings is 1. The third-order valence-corrected chi connectivity index (χ3v) is 3.29. The van der Waals surface area contributed by atoms with Crippen LogP contribution in [-0.4, -0.2) is 31.1 Å². The Bertz CT molecular complexity index is 513. The average molecular weight is 290 g/mol. The fourth-order valence-corrected chi connectivity index (χ4v) is 2.24. The van der Waals surface area contributed by atoms with Gasteiger partial charge < -0.3 is 15.4 Å². The minimum absolute atomic E-state index is 0.560. The van der Waals surface area contributed by atoms with E-state index >= 15 is 0 Å². The highest BCUT2D eigenvalue weighted by Gasteiger charge is 1.98. The van der Waals surface area contributed by atoms with E-state index in [4.69, 9.17) is 4.74 Å². The van der Waals surface area contributed by atoms with E-state index in [1.807, 2.05) is 12.1 Å². The molecule has 0 spiro atoms. The van der Waals surface area contributed by atoms with Crippen molar-refractivity contribution in [1.29, 1.82) is 0 Å². The predicted molar refractivity (Wildman–Crippen MR) is 82.3 cm³/mol. The molecule has 0 aliphatic carbocycles. The molecule has 20 heavy (non-hydrogen) atoms. The molecule has 0 aliphatic heterocycles. The van der Waals surface area contributed by atoms with Gasteiger partial charge in [0.25, 0.3) is 0 Å². The summed E-state index contributed by atoms with van der Waals surface area (Å²) in [5.41, 5.74) is 1.25. The van der Waals surface area contributed by atoms with Crippen LogP contribution in [-0.2, 0) is 6.54 Å². The van der Waals surface area contributed by atoms with Gasteiger partial charge in [0.2, 0.25) is 0 Å². The maximum Gasteiger partial charge on any atom is 0.191 e. The van der Waals surface area contributed by atoms with E-state index < -0.39 is 0 Å². The fourth-order valence-electron chi connectivity index (χ4n) is 1.57. The number of nitrogens with one attached hydrogen (secondary N) is 2. The van der Waals surface area contributed by atoms with Crippen molar-refractivity contribution in [2.75, 3.05) is 20.2 Å². The van der Waals surface area contributed by atoms with E-state index in [1.165, 1.54) is 5.56 Å². The van der Waals surface area contributed by atoms with Crippen molar-refractivity contribution in [2.45, 2.75) is 6.54 Å². The molecule has 0 unspecified atom stereocenters. The third-order valence-electron chi connectivity index (χ3n) is 2.56. The molecule has 0 amide bonds. The summed E-state index contributed by atoms with van der Waals surface area (Å²) in [6.45, 7) is 2.01. The summed E-state index contributed by atoms with van der Waals surface area (Å²) in [7, 11) is 1.75. The lowest BCUT2D eigenvalue weighted by molar-refractivity contribution is 0.320. The van der Waals surface area contributed by atoms with Gasteiger partial charge in [0.05, 0.1) is 12.7 Å². The molecule has 0 saturated carbocycles. The third kappa shape index (κ3) is 4.89. The van der Waals surface area contributed by atoms with Crippen molar-refractivity contribution >= 4 is 17.3 Å². The quantitative estimate of drug-likeness (QED) is 0.484. The molecule has 6 heteroatoms. The van der Waals surface area contributed by atoms with Gasteiger partial charge in [-0.25, -0.2) is 0 Å². The molecular formula is C14H18N4OS. The average Bonchev–Trinajstić information content (AvgIpc) is 3.01. The first kappa shape index (κ1) is 14.3. The summed E-state index contributed by atoms with van der Waals surface area (Å²) in [6, 6.07) is 5.83. The van der Waals surface area contributed by atoms with Crippen LogP contribution >= 0.6 is 11.3 Å². The van der Waals surface area contributed by atoms with Gasteiger partial charge in [-0.1, -0.05) is 0 Å². The molecule has 0 radical (unpaired) electrons. The van der Waals surface area contributed by atoms with E-state index in [-0.39, 0.29) is 0 Å². The Balaban J connectivity index is 1.64. The number of guanidine groups is 1. The Morgan fingerprint density at radius 2 is 2.35 bits per heavy atom. The van der Waals surface area contributed by atoms with Crippen molar-refractivity contribution in [1.82, 2.24) is 15.6 Å². The molecule has 0 atom stereocenters. The molecular weight excluding hydrogens is 272 g/mol. The molecule has 2 heterocycles. The Hall–Kier alpha value is -2.08. The Morgan fingerprint density at radius 1 is 1.40 bits per heavy atom. The molecule has 2 aromatic heterocycles. The van der Waals surface area contributed by atoms with Crippen LogP contribution in [0.4, 0.5) is 0 Å². The fraction of sp³-hybridized carbons (Fsp3) is 0.286. The number of thiophene rings is 1. The zero-order chi connectivity index (χ0) is 14.0. The van der Waals surface area contributed by atoms with Gasteiger partial charge in [0, 0.05) is 19.8 Å². The second-order valence-corrected chi connectivity index (χ2v) is 4.80. The summed E-state index contributed by atoms with van der Waals surface area (Å²) in [5, 5.41) is 10.6. The van der Waals surface area contributed by atoms with Gasteiger partial charge in [-0.05, 0) is 34.5 Å². The minimum Gasteiger partial charge on any atom is -0.490 e. The van der Waals surface area contributed by atoms with Gasteiger partial charge in [-0.3, -0.25) is 9.98 Å². The number of ether oxygens (including phenoxy) is 1. The predicted octanol–water partition coefficient (Wildman–Crippen LogP) is 1.89. The highest BCUT2D eigenvalue weighted by Crippen LogP contribution is 2.05. The van der Waals surface area contributed by atoms with Crippen LogP contribution in [0.3, 0.4) is 0 Å². The summed E-state index contributed by atoms with van der Waals surface area (Å²) in [6.07, 6.45) is 3.42. The summed E-state index contributed by atoms with van der Waals surface area (Å²) in [5.74, 6) is 1.54. The van der Waals surface area contributed by atoms with E-state index in [0.29, 0.717) is 13.2 Å². The van der Waals surface area contributed by atoms with E-state index in [0.717, 1.165) is 18.3 Å². The molecule has 2 rings (SSSR count). The SMILES string of the molecule is CN=C(NCCOc1cccnc1)NCc1ccsc1. The monoisotopic (exact) mass is 290 g/mol. The van der Waals surface area contributed by atoms with Crippen LogP contribution < -0.4 is 15.4 Å². The Labute approximate surface area is 122 Å². The molecule has 5 nitrogen and oxygen atoms in total. The van der Waals surface area contributed by atoms with Gasteiger partial charge in [-0.15, -0.1) is 0 Å². The maximum atomic E-state index is 5.55. The van der Waals surface area contributed by atoms with Gasteiger partial charge in [-0.2, -0.15) is 11.3 Å². The van der Waals surface area contributed by atoms with Gasteiger partial charge in [0.15, 0.2) is 5.96 Å². The standard InChI is InChI=1S/C14H18N4OS/c1-15-14(18-9-12-4-8-20-11-12)17-6-7-19-13-3-2-5-16-10-13/h2-5,8,10-11H,6-7,9H2,1H3,(H2,15,17,18). The number of rotatable bonds is 6. The molecule has 0 aromatic carbocycles. The van der Waals surface area contributed by atoms with Crippen molar-refractivity contribution in [3.63, 3.8) is 0 Å². The molecule has 106 valence electrons. The van der Waals surface area contributed by atoms with Crippen LogP contribution in [0.2, 0.25) is 0 Å².